The van der Waals surface area contributed by atoms with E-state index in [1.165, 1.54) is 34.2 Å². The molecule has 0 spiro atoms. The van der Waals surface area contributed by atoms with E-state index < -0.39 is 16.1 Å². The van der Waals surface area contributed by atoms with Crippen molar-refractivity contribution in [2.24, 2.45) is 5.92 Å². The minimum Gasteiger partial charge on any atom is -0.361 e. The number of aromatic amines is 1. The van der Waals surface area contributed by atoms with Crippen LogP contribution in [0.1, 0.15) is 29.0 Å². The van der Waals surface area contributed by atoms with Crippen molar-refractivity contribution in [1.29, 1.82) is 0 Å². The Morgan fingerprint density at radius 2 is 1.97 bits per heavy atom. The topological polar surface area (TPSA) is 94.3 Å². The monoisotopic (exact) mass is 452 g/mol. The molecule has 1 saturated heterocycles. The zero-order valence-electron chi connectivity index (χ0n) is 18.3. The third-order valence-corrected chi connectivity index (χ3v) is 8.27. The van der Waals surface area contributed by atoms with E-state index >= 15 is 0 Å². The summed E-state index contributed by atoms with van der Waals surface area (Å²) >= 11 is 0. The van der Waals surface area contributed by atoms with Crippen molar-refractivity contribution in [3.63, 3.8) is 0 Å². The van der Waals surface area contributed by atoms with Crippen LogP contribution >= 0.6 is 0 Å². The molecule has 5 rings (SSSR count). The van der Waals surface area contributed by atoms with Gasteiger partial charge in [-0.15, -0.1) is 0 Å². The Bertz CT molecular complexity index is 1270. The Balaban J connectivity index is 1.25. The molecule has 1 aliphatic heterocycles. The van der Waals surface area contributed by atoms with Gasteiger partial charge in [0.1, 0.15) is 0 Å². The van der Waals surface area contributed by atoms with E-state index in [-0.39, 0.29) is 10.8 Å². The van der Waals surface area contributed by atoms with Crippen LogP contribution in [0.15, 0.2) is 53.6 Å². The molecule has 0 saturated carbocycles. The zero-order chi connectivity index (χ0) is 22.5. The lowest BCUT2D eigenvalue weighted by Crippen LogP contribution is -2.51. The number of aryl methyl sites for hydroxylation is 1. The summed E-state index contributed by atoms with van der Waals surface area (Å²) in [4.78, 5) is 18.2. The van der Waals surface area contributed by atoms with Crippen LogP contribution in [0.4, 0.5) is 4.79 Å². The number of benzene rings is 2. The third-order valence-electron chi connectivity index (χ3n) is 6.92. The summed E-state index contributed by atoms with van der Waals surface area (Å²) in [5.74, 6) is 0.636. The number of sulfonamides is 1. The van der Waals surface area contributed by atoms with E-state index in [1.807, 2.05) is 6.92 Å². The highest BCUT2D eigenvalue weighted by atomic mass is 32.2. The summed E-state index contributed by atoms with van der Waals surface area (Å²) < 4.78 is 27.0. The first-order valence-electron chi connectivity index (χ1n) is 11.0. The number of carbonyl (C=O) groups excluding carboxylic acids is 1. The first-order valence-corrected chi connectivity index (χ1v) is 12.5. The molecule has 1 aromatic heterocycles. The smallest absolute Gasteiger partial charge is 0.328 e. The number of hydrogen-bond acceptors (Lipinski definition) is 4. The minimum atomic E-state index is -3.89. The summed E-state index contributed by atoms with van der Waals surface area (Å²) in [6.07, 6.45) is 4.11. The quantitative estimate of drug-likeness (QED) is 0.567. The number of amides is 2. The summed E-state index contributed by atoms with van der Waals surface area (Å²) in [6.45, 7) is 3.17. The van der Waals surface area contributed by atoms with Gasteiger partial charge in [0.25, 0.3) is 10.0 Å². The molecule has 0 radical (unpaired) electrons. The van der Waals surface area contributed by atoms with Gasteiger partial charge in [0, 0.05) is 42.1 Å². The number of carbonyl (C=O) groups is 1. The third kappa shape index (κ3) is 3.78. The second-order valence-corrected chi connectivity index (χ2v) is 10.8. The number of aromatic nitrogens is 1. The molecule has 1 unspecified atom stereocenters. The Kier molecular flexibility index (Phi) is 5.22. The van der Waals surface area contributed by atoms with Gasteiger partial charge in [0.2, 0.25) is 0 Å². The Hall–Kier alpha value is -2.84. The molecule has 3 aromatic rings. The lowest BCUT2D eigenvalue weighted by molar-refractivity contribution is 0.112. The van der Waals surface area contributed by atoms with Gasteiger partial charge in [-0.25, -0.2) is 17.9 Å². The van der Waals surface area contributed by atoms with Gasteiger partial charge in [-0.05, 0) is 62.1 Å². The maximum Gasteiger partial charge on any atom is 0.328 e. The Morgan fingerprint density at radius 3 is 2.75 bits per heavy atom. The SMILES string of the molecule is Cc1ccc(S(=O)(=O)NC(=O)NCC2C[C@@H]3c4cccc5[nH]cc(c45)C[C@H]3N(C)C2)cc1. The lowest BCUT2D eigenvalue weighted by Gasteiger charge is -2.45. The number of rotatable bonds is 4. The van der Waals surface area contributed by atoms with Crippen LogP contribution < -0.4 is 10.0 Å². The number of urea groups is 1. The first-order chi connectivity index (χ1) is 15.3. The van der Waals surface area contributed by atoms with E-state index in [4.69, 9.17) is 0 Å². The van der Waals surface area contributed by atoms with Gasteiger partial charge >= 0.3 is 6.03 Å². The Labute approximate surface area is 188 Å². The fraction of sp³-hybridized carbons (Fsp3) is 0.375. The fourth-order valence-electron chi connectivity index (χ4n) is 5.37. The molecule has 168 valence electrons. The summed E-state index contributed by atoms with van der Waals surface area (Å²) in [5, 5.41) is 4.13. The Morgan fingerprint density at radius 1 is 1.19 bits per heavy atom. The molecule has 1 fully saturated rings. The zero-order valence-corrected chi connectivity index (χ0v) is 19.1. The molecule has 3 N–H and O–H groups in total. The molecule has 2 aromatic carbocycles. The highest BCUT2D eigenvalue weighted by Crippen LogP contribution is 2.44. The van der Waals surface area contributed by atoms with Crippen molar-refractivity contribution in [2.45, 2.75) is 36.6 Å². The van der Waals surface area contributed by atoms with E-state index in [1.54, 1.807) is 12.1 Å². The van der Waals surface area contributed by atoms with E-state index in [0.717, 1.165) is 24.9 Å². The van der Waals surface area contributed by atoms with Crippen molar-refractivity contribution in [2.75, 3.05) is 20.1 Å². The summed E-state index contributed by atoms with van der Waals surface area (Å²) in [5.41, 5.74) is 4.89. The van der Waals surface area contributed by atoms with Gasteiger partial charge in [-0.1, -0.05) is 29.8 Å². The van der Waals surface area contributed by atoms with Crippen molar-refractivity contribution < 1.29 is 13.2 Å². The number of H-pyrrole nitrogens is 1. The molecule has 32 heavy (non-hydrogen) atoms. The summed E-state index contributed by atoms with van der Waals surface area (Å²) in [7, 11) is -1.75. The number of fused-ring (bicyclic) bond motifs is 2. The van der Waals surface area contributed by atoms with Crippen LogP contribution in [0, 0.1) is 12.8 Å². The maximum atomic E-state index is 12.5. The van der Waals surface area contributed by atoms with Crippen molar-refractivity contribution >= 4 is 27.0 Å². The molecule has 2 amide bonds. The van der Waals surface area contributed by atoms with E-state index in [9.17, 15) is 13.2 Å². The molecule has 3 atom stereocenters. The van der Waals surface area contributed by atoms with Gasteiger partial charge in [-0.2, -0.15) is 0 Å². The van der Waals surface area contributed by atoms with Gasteiger partial charge in [0.05, 0.1) is 4.90 Å². The first kappa shape index (κ1) is 21.0. The van der Waals surface area contributed by atoms with Crippen molar-refractivity contribution in [1.82, 2.24) is 19.9 Å². The average molecular weight is 453 g/mol. The highest BCUT2D eigenvalue weighted by molar-refractivity contribution is 7.90. The van der Waals surface area contributed by atoms with Gasteiger partial charge in [0.15, 0.2) is 0 Å². The predicted molar refractivity (Wildman–Crippen MR) is 124 cm³/mol. The van der Waals surface area contributed by atoms with Crippen LogP contribution in [-0.4, -0.2) is 50.5 Å². The van der Waals surface area contributed by atoms with Crippen molar-refractivity contribution in [3.8, 4) is 0 Å². The second-order valence-electron chi connectivity index (χ2n) is 9.13. The van der Waals surface area contributed by atoms with Crippen LogP contribution in [0.3, 0.4) is 0 Å². The number of likely N-dealkylation sites (tertiary alicyclic amines) is 1. The minimum absolute atomic E-state index is 0.0797. The molecule has 7 nitrogen and oxygen atoms in total. The molecule has 1 aliphatic carbocycles. The van der Waals surface area contributed by atoms with Crippen molar-refractivity contribution in [3.05, 3.63) is 65.4 Å². The molecule has 8 heteroatoms. The van der Waals surface area contributed by atoms with E-state index in [2.05, 4.69) is 51.4 Å². The van der Waals surface area contributed by atoms with E-state index in [0.29, 0.717) is 18.5 Å². The largest absolute Gasteiger partial charge is 0.361 e. The molecule has 2 aliphatic rings. The summed E-state index contributed by atoms with van der Waals surface area (Å²) in [6, 6.07) is 12.6. The number of nitrogens with one attached hydrogen (secondary N) is 3. The molecule has 2 heterocycles. The van der Waals surface area contributed by atoms with Gasteiger partial charge in [-0.3, -0.25) is 0 Å². The average Bonchev–Trinajstić information content (AvgIpc) is 3.17. The lowest BCUT2D eigenvalue weighted by atomic mass is 9.72. The number of hydrogen-bond donors (Lipinski definition) is 3. The van der Waals surface area contributed by atoms with Crippen LogP contribution in [0.5, 0.6) is 0 Å². The van der Waals surface area contributed by atoms with Crippen LogP contribution in [0.2, 0.25) is 0 Å². The van der Waals surface area contributed by atoms with Crippen LogP contribution in [-0.2, 0) is 16.4 Å². The highest BCUT2D eigenvalue weighted by Gasteiger charge is 2.39. The predicted octanol–water partition coefficient (Wildman–Crippen LogP) is 3.12. The molecule has 0 bridgehead atoms. The van der Waals surface area contributed by atoms with Gasteiger partial charge < -0.3 is 15.2 Å². The number of nitrogens with zero attached hydrogens (tertiary/aromatic N) is 1. The fourth-order valence-corrected chi connectivity index (χ4v) is 6.30. The van der Waals surface area contributed by atoms with Crippen LogP contribution in [0.25, 0.3) is 10.9 Å². The number of piperidine rings is 1. The number of likely N-dealkylation sites (N-methyl/N-ethyl adjacent to an activating group) is 1. The molecular formula is C24H28N4O3S. The second kappa shape index (κ2) is 7.94. The normalized spacial score (nSPS) is 23.0. The molecular weight excluding hydrogens is 424 g/mol. The standard InChI is InChI=1S/C24H28N4O3S/c1-15-6-8-18(9-7-15)32(30,31)27-24(29)26-12-16-10-20-19-4-3-5-21-23(19)17(13-25-21)11-22(20)28(2)14-16/h3-9,13,16,20,22,25H,10-12,14H2,1-2H3,(H2,26,27,29)/t16?,20-,22-/m1/s1. The maximum absolute atomic E-state index is 12.5.